The molecule has 2 atom stereocenters. The molecular formula is C14H20FNO. The van der Waals surface area contributed by atoms with Gasteiger partial charge in [-0.2, -0.15) is 0 Å². The van der Waals surface area contributed by atoms with E-state index in [1.54, 1.807) is 19.1 Å². The molecule has 0 aliphatic heterocycles. The maximum Gasteiger partial charge on any atom is 0.126 e. The van der Waals surface area contributed by atoms with Crippen LogP contribution in [-0.2, 0) is 0 Å². The first kappa shape index (κ1) is 12.4. The second-order valence-electron chi connectivity index (χ2n) is 4.87. The van der Waals surface area contributed by atoms with Gasteiger partial charge in [-0.15, -0.1) is 0 Å². The molecule has 0 spiro atoms. The van der Waals surface area contributed by atoms with Gasteiger partial charge in [0.25, 0.3) is 0 Å². The minimum absolute atomic E-state index is 0.0716. The predicted molar refractivity (Wildman–Crippen MR) is 66.6 cm³/mol. The molecule has 94 valence electrons. The van der Waals surface area contributed by atoms with Crippen molar-refractivity contribution in [1.82, 2.24) is 0 Å². The first-order valence-corrected chi connectivity index (χ1v) is 6.35. The van der Waals surface area contributed by atoms with Crippen molar-refractivity contribution in [3.8, 4) is 5.75 Å². The Hall–Kier alpha value is -1.09. The maximum atomic E-state index is 13.1. The number of hydrogen-bond donors (Lipinski definition) is 1. The summed E-state index contributed by atoms with van der Waals surface area (Å²) in [7, 11) is 0. The SMILES string of the molecule is Cc1cc(OC2CCCCCC2N)ccc1F. The normalized spacial score (nSPS) is 25.4. The molecule has 0 amide bonds. The van der Waals surface area contributed by atoms with Gasteiger partial charge < -0.3 is 10.5 Å². The van der Waals surface area contributed by atoms with Crippen LogP contribution in [0, 0.1) is 12.7 Å². The lowest BCUT2D eigenvalue weighted by atomic mass is 10.1. The zero-order valence-corrected chi connectivity index (χ0v) is 10.3. The van der Waals surface area contributed by atoms with Crippen LogP contribution in [0.5, 0.6) is 5.75 Å². The molecule has 1 aliphatic rings. The van der Waals surface area contributed by atoms with E-state index in [9.17, 15) is 4.39 Å². The molecule has 1 aromatic rings. The average molecular weight is 237 g/mol. The van der Waals surface area contributed by atoms with Crippen LogP contribution in [0.3, 0.4) is 0 Å². The lowest BCUT2D eigenvalue weighted by molar-refractivity contribution is 0.162. The molecule has 17 heavy (non-hydrogen) atoms. The lowest BCUT2D eigenvalue weighted by Gasteiger charge is -2.23. The Morgan fingerprint density at radius 3 is 2.76 bits per heavy atom. The highest BCUT2D eigenvalue weighted by Gasteiger charge is 2.22. The van der Waals surface area contributed by atoms with Crippen LogP contribution in [0.15, 0.2) is 18.2 Å². The molecule has 1 aromatic carbocycles. The van der Waals surface area contributed by atoms with Gasteiger partial charge in [0.05, 0.1) is 0 Å². The van der Waals surface area contributed by atoms with Gasteiger partial charge in [0.2, 0.25) is 0 Å². The highest BCUT2D eigenvalue weighted by molar-refractivity contribution is 5.29. The average Bonchev–Trinajstić information content (AvgIpc) is 2.50. The molecule has 0 radical (unpaired) electrons. The molecule has 0 heterocycles. The fourth-order valence-electron chi connectivity index (χ4n) is 2.31. The van der Waals surface area contributed by atoms with Gasteiger partial charge in [-0.3, -0.25) is 0 Å². The fraction of sp³-hybridized carbons (Fsp3) is 0.571. The molecule has 3 heteroatoms. The van der Waals surface area contributed by atoms with Crippen molar-refractivity contribution in [2.45, 2.75) is 51.2 Å². The molecule has 1 fully saturated rings. The van der Waals surface area contributed by atoms with Gasteiger partial charge in [-0.1, -0.05) is 12.8 Å². The third-order valence-corrected chi connectivity index (χ3v) is 3.42. The summed E-state index contributed by atoms with van der Waals surface area (Å²) in [5.74, 6) is 0.536. The van der Waals surface area contributed by atoms with Gasteiger partial charge in [-0.25, -0.2) is 4.39 Å². The second kappa shape index (κ2) is 5.50. The Morgan fingerprint density at radius 1 is 1.24 bits per heavy atom. The number of hydrogen-bond acceptors (Lipinski definition) is 2. The molecule has 1 aliphatic carbocycles. The fourth-order valence-corrected chi connectivity index (χ4v) is 2.31. The molecule has 0 saturated heterocycles. The summed E-state index contributed by atoms with van der Waals surface area (Å²) < 4.78 is 19.0. The Labute approximate surface area is 102 Å². The molecule has 2 unspecified atom stereocenters. The van der Waals surface area contributed by atoms with Gasteiger partial charge in [0, 0.05) is 6.04 Å². The van der Waals surface area contributed by atoms with E-state index in [2.05, 4.69) is 0 Å². The highest BCUT2D eigenvalue weighted by atomic mass is 19.1. The van der Waals surface area contributed by atoms with Crippen LogP contribution in [0.4, 0.5) is 4.39 Å². The van der Waals surface area contributed by atoms with Crippen LogP contribution in [-0.4, -0.2) is 12.1 Å². The quantitative estimate of drug-likeness (QED) is 0.802. The summed E-state index contributed by atoms with van der Waals surface area (Å²) >= 11 is 0. The van der Waals surface area contributed by atoms with E-state index in [0.29, 0.717) is 5.56 Å². The predicted octanol–water partition coefficient (Wildman–Crippen LogP) is 3.17. The van der Waals surface area contributed by atoms with Crippen molar-refractivity contribution in [1.29, 1.82) is 0 Å². The van der Waals surface area contributed by atoms with Gasteiger partial charge in [0.1, 0.15) is 17.7 Å². The zero-order chi connectivity index (χ0) is 12.3. The van der Waals surface area contributed by atoms with Crippen LogP contribution in [0.25, 0.3) is 0 Å². The minimum Gasteiger partial charge on any atom is -0.489 e. The molecule has 2 nitrogen and oxygen atoms in total. The van der Waals surface area contributed by atoms with Gasteiger partial charge in [-0.05, 0) is 49.9 Å². The summed E-state index contributed by atoms with van der Waals surface area (Å²) in [6.45, 7) is 1.75. The Balaban J connectivity index is 2.05. The molecular weight excluding hydrogens is 217 g/mol. The number of aryl methyl sites for hydroxylation is 1. The first-order valence-electron chi connectivity index (χ1n) is 6.35. The van der Waals surface area contributed by atoms with Gasteiger partial charge >= 0.3 is 0 Å². The number of ether oxygens (including phenoxy) is 1. The van der Waals surface area contributed by atoms with Crippen LogP contribution >= 0.6 is 0 Å². The van der Waals surface area contributed by atoms with Crippen LogP contribution in [0.2, 0.25) is 0 Å². The van der Waals surface area contributed by atoms with Gasteiger partial charge in [0.15, 0.2) is 0 Å². The largest absolute Gasteiger partial charge is 0.489 e. The summed E-state index contributed by atoms with van der Waals surface area (Å²) in [5, 5.41) is 0. The standard InChI is InChI=1S/C14H20FNO/c1-10-9-11(7-8-12(10)15)17-14-6-4-2-3-5-13(14)16/h7-9,13-14H,2-6,16H2,1H3. The molecule has 2 rings (SSSR count). The molecule has 0 aromatic heterocycles. The minimum atomic E-state index is -0.192. The van der Waals surface area contributed by atoms with Crippen molar-refractivity contribution in [2.75, 3.05) is 0 Å². The third-order valence-electron chi connectivity index (χ3n) is 3.42. The summed E-state index contributed by atoms with van der Waals surface area (Å²) in [6.07, 6.45) is 5.67. The van der Waals surface area contributed by atoms with E-state index in [1.807, 2.05) is 0 Å². The van der Waals surface area contributed by atoms with Crippen molar-refractivity contribution >= 4 is 0 Å². The van der Waals surface area contributed by atoms with E-state index in [-0.39, 0.29) is 18.0 Å². The Bertz CT molecular complexity index is 380. The van der Waals surface area contributed by atoms with Crippen molar-refractivity contribution in [3.05, 3.63) is 29.6 Å². The van der Waals surface area contributed by atoms with Crippen LogP contribution < -0.4 is 10.5 Å². The van der Waals surface area contributed by atoms with E-state index in [1.165, 1.54) is 25.3 Å². The number of benzene rings is 1. The zero-order valence-electron chi connectivity index (χ0n) is 10.3. The van der Waals surface area contributed by atoms with E-state index < -0.39 is 0 Å². The topological polar surface area (TPSA) is 35.2 Å². The van der Waals surface area contributed by atoms with Crippen LogP contribution in [0.1, 0.15) is 37.7 Å². The van der Waals surface area contributed by atoms with Crippen molar-refractivity contribution < 1.29 is 9.13 Å². The second-order valence-corrected chi connectivity index (χ2v) is 4.87. The smallest absolute Gasteiger partial charge is 0.126 e. The Kier molecular flexibility index (Phi) is 4.00. The van der Waals surface area contributed by atoms with E-state index >= 15 is 0 Å². The summed E-state index contributed by atoms with van der Waals surface area (Å²) in [5.41, 5.74) is 6.71. The summed E-state index contributed by atoms with van der Waals surface area (Å²) in [4.78, 5) is 0. The molecule has 1 saturated carbocycles. The maximum absolute atomic E-state index is 13.1. The number of rotatable bonds is 2. The van der Waals surface area contributed by atoms with Crippen molar-refractivity contribution in [2.24, 2.45) is 5.73 Å². The van der Waals surface area contributed by atoms with Crippen molar-refractivity contribution in [3.63, 3.8) is 0 Å². The monoisotopic (exact) mass is 237 g/mol. The van der Waals surface area contributed by atoms with E-state index in [4.69, 9.17) is 10.5 Å². The molecule has 2 N–H and O–H groups in total. The number of halogens is 1. The van der Waals surface area contributed by atoms with E-state index in [0.717, 1.165) is 18.6 Å². The number of nitrogens with two attached hydrogens (primary N) is 1. The first-order chi connectivity index (χ1) is 8.16. The molecule has 0 bridgehead atoms. The lowest BCUT2D eigenvalue weighted by Crippen LogP contribution is -2.37. The third kappa shape index (κ3) is 3.19. The highest BCUT2D eigenvalue weighted by Crippen LogP contribution is 2.23. The summed E-state index contributed by atoms with van der Waals surface area (Å²) in [6, 6.07) is 4.97. The Morgan fingerprint density at radius 2 is 2.00 bits per heavy atom.